The Morgan fingerprint density at radius 1 is 1.13 bits per heavy atom. The first-order valence-electron chi connectivity index (χ1n) is 7.66. The van der Waals surface area contributed by atoms with Crippen LogP contribution in [0.15, 0.2) is 42.5 Å². The van der Waals surface area contributed by atoms with Crippen LogP contribution in [0.5, 0.6) is 0 Å². The second-order valence-electron chi connectivity index (χ2n) is 6.04. The molecule has 2 aromatic carbocycles. The fourth-order valence-electron chi connectivity index (χ4n) is 2.49. The number of nitrogens with one attached hydrogen (secondary N) is 1. The summed E-state index contributed by atoms with van der Waals surface area (Å²) >= 11 is 0. The van der Waals surface area contributed by atoms with E-state index in [-0.39, 0.29) is 17.8 Å². The van der Waals surface area contributed by atoms with Crippen molar-refractivity contribution in [1.82, 2.24) is 10.2 Å². The lowest BCUT2D eigenvalue weighted by Gasteiger charge is -2.25. The number of carbonyl (C=O) groups is 1. The lowest BCUT2D eigenvalue weighted by Crippen LogP contribution is -2.34. The molecule has 0 aliphatic carbocycles. The highest BCUT2D eigenvalue weighted by molar-refractivity contribution is 5.94. The van der Waals surface area contributed by atoms with Crippen LogP contribution in [0.3, 0.4) is 0 Å². The Hall–Kier alpha value is -2.20. The molecule has 0 spiro atoms. The highest BCUT2D eigenvalue weighted by Gasteiger charge is 2.16. The number of amides is 1. The summed E-state index contributed by atoms with van der Waals surface area (Å²) in [6.45, 7) is 4.42. The zero-order valence-corrected chi connectivity index (χ0v) is 14.1. The van der Waals surface area contributed by atoms with Gasteiger partial charge in [0.15, 0.2) is 0 Å². The van der Waals surface area contributed by atoms with Crippen LogP contribution < -0.4 is 5.32 Å². The van der Waals surface area contributed by atoms with Gasteiger partial charge in [0, 0.05) is 12.1 Å². The molecule has 1 amide bonds. The predicted molar refractivity (Wildman–Crippen MR) is 91.1 cm³/mol. The number of rotatable bonds is 5. The van der Waals surface area contributed by atoms with Crippen molar-refractivity contribution in [2.75, 3.05) is 20.6 Å². The van der Waals surface area contributed by atoms with Crippen molar-refractivity contribution in [3.63, 3.8) is 0 Å². The Labute approximate surface area is 137 Å². The fraction of sp³-hybridized carbons (Fsp3) is 0.316. The van der Waals surface area contributed by atoms with Crippen LogP contribution in [0.4, 0.5) is 4.39 Å². The Balaban J connectivity index is 2.09. The zero-order chi connectivity index (χ0) is 17.0. The summed E-state index contributed by atoms with van der Waals surface area (Å²) in [4.78, 5) is 14.3. The molecule has 0 aliphatic heterocycles. The number of likely N-dealkylation sites (N-methyl/N-ethyl adjacent to an activating group) is 1. The SMILES string of the molecule is Cc1ccc(C(=O)NC[C@H](c2cccc(F)c2)N(C)C)cc1C. The van der Waals surface area contributed by atoms with Crippen LogP contribution in [-0.4, -0.2) is 31.4 Å². The third-order valence-corrected chi connectivity index (χ3v) is 4.08. The van der Waals surface area contributed by atoms with Crippen LogP contribution >= 0.6 is 0 Å². The first kappa shape index (κ1) is 17.2. The molecular weight excluding hydrogens is 291 g/mol. The van der Waals surface area contributed by atoms with Gasteiger partial charge in [-0.2, -0.15) is 0 Å². The molecule has 0 aromatic heterocycles. The van der Waals surface area contributed by atoms with Gasteiger partial charge in [-0.15, -0.1) is 0 Å². The van der Waals surface area contributed by atoms with E-state index in [0.29, 0.717) is 12.1 Å². The number of benzene rings is 2. The minimum atomic E-state index is -0.269. The van der Waals surface area contributed by atoms with Gasteiger partial charge in [0.25, 0.3) is 5.91 Å². The van der Waals surface area contributed by atoms with Crippen LogP contribution in [0.25, 0.3) is 0 Å². The van der Waals surface area contributed by atoms with Crippen LogP contribution in [0.1, 0.15) is 33.1 Å². The van der Waals surface area contributed by atoms with E-state index in [9.17, 15) is 9.18 Å². The van der Waals surface area contributed by atoms with E-state index in [1.807, 2.05) is 57.1 Å². The van der Waals surface area contributed by atoms with Gasteiger partial charge in [0.05, 0.1) is 6.04 Å². The third-order valence-electron chi connectivity index (χ3n) is 4.08. The Kier molecular flexibility index (Phi) is 5.50. The van der Waals surface area contributed by atoms with Crippen molar-refractivity contribution in [3.05, 3.63) is 70.5 Å². The molecule has 2 aromatic rings. The van der Waals surface area contributed by atoms with E-state index in [0.717, 1.165) is 16.7 Å². The van der Waals surface area contributed by atoms with Gasteiger partial charge in [-0.05, 0) is 68.9 Å². The summed E-state index contributed by atoms with van der Waals surface area (Å²) < 4.78 is 13.4. The van der Waals surface area contributed by atoms with E-state index in [4.69, 9.17) is 0 Å². The summed E-state index contributed by atoms with van der Waals surface area (Å²) in [5, 5.41) is 2.94. The van der Waals surface area contributed by atoms with Gasteiger partial charge >= 0.3 is 0 Å². The molecule has 0 radical (unpaired) electrons. The Bertz CT molecular complexity index is 698. The topological polar surface area (TPSA) is 32.3 Å². The summed E-state index contributed by atoms with van der Waals surface area (Å²) in [7, 11) is 3.83. The molecule has 2 rings (SSSR count). The second kappa shape index (κ2) is 7.38. The lowest BCUT2D eigenvalue weighted by molar-refractivity contribution is 0.0942. The summed E-state index contributed by atoms with van der Waals surface area (Å²) in [5.74, 6) is -0.383. The van der Waals surface area contributed by atoms with Crippen molar-refractivity contribution < 1.29 is 9.18 Å². The maximum atomic E-state index is 13.4. The highest BCUT2D eigenvalue weighted by Crippen LogP contribution is 2.18. The van der Waals surface area contributed by atoms with Crippen molar-refractivity contribution in [2.24, 2.45) is 0 Å². The maximum absolute atomic E-state index is 13.4. The number of carbonyl (C=O) groups excluding carboxylic acids is 1. The standard InChI is InChI=1S/C19H23FN2O/c1-13-8-9-16(10-14(13)2)19(23)21-12-18(22(3)4)15-6-5-7-17(20)11-15/h5-11,18H,12H2,1-4H3,(H,21,23)/t18-/m1/s1. The molecule has 23 heavy (non-hydrogen) atoms. The Morgan fingerprint density at radius 2 is 1.87 bits per heavy atom. The predicted octanol–water partition coefficient (Wildman–Crippen LogP) is 3.48. The molecular formula is C19H23FN2O. The van der Waals surface area contributed by atoms with Crippen molar-refractivity contribution in [1.29, 1.82) is 0 Å². The summed E-state index contributed by atoms with van der Waals surface area (Å²) in [5.41, 5.74) is 3.74. The average Bonchev–Trinajstić information content (AvgIpc) is 2.49. The van der Waals surface area contributed by atoms with E-state index in [1.54, 1.807) is 6.07 Å². The molecule has 0 unspecified atom stereocenters. The van der Waals surface area contributed by atoms with Gasteiger partial charge in [0.1, 0.15) is 5.82 Å². The number of nitrogens with zero attached hydrogens (tertiary/aromatic N) is 1. The molecule has 0 bridgehead atoms. The number of hydrogen-bond acceptors (Lipinski definition) is 2. The minimum Gasteiger partial charge on any atom is -0.350 e. The molecule has 0 heterocycles. The molecule has 1 N–H and O–H groups in total. The van der Waals surface area contributed by atoms with Crippen LogP contribution in [0, 0.1) is 19.7 Å². The molecule has 122 valence electrons. The molecule has 3 nitrogen and oxygen atoms in total. The quantitative estimate of drug-likeness (QED) is 0.916. The van der Waals surface area contributed by atoms with Gasteiger partial charge in [-0.25, -0.2) is 4.39 Å². The molecule has 0 saturated carbocycles. The third kappa shape index (κ3) is 4.39. The summed E-state index contributed by atoms with van der Waals surface area (Å²) in [6.07, 6.45) is 0. The molecule has 0 fully saturated rings. The smallest absolute Gasteiger partial charge is 0.251 e. The molecule has 0 saturated heterocycles. The largest absolute Gasteiger partial charge is 0.350 e. The van der Waals surface area contributed by atoms with E-state index >= 15 is 0 Å². The van der Waals surface area contributed by atoms with E-state index in [2.05, 4.69) is 5.32 Å². The lowest BCUT2D eigenvalue weighted by atomic mass is 10.0. The van der Waals surface area contributed by atoms with Crippen molar-refractivity contribution in [3.8, 4) is 0 Å². The van der Waals surface area contributed by atoms with Crippen LogP contribution in [0.2, 0.25) is 0 Å². The monoisotopic (exact) mass is 314 g/mol. The first-order chi connectivity index (χ1) is 10.9. The van der Waals surface area contributed by atoms with E-state index < -0.39 is 0 Å². The second-order valence-corrected chi connectivity index (χ2v) is 6.04. The first-order valence-corrected chi connectivity index (χ1v) is 7.66. The molecule has 0 aliphatic rings. The van der Waals surface area contributed by atoms with Gasteiger partial charge in [-0.1, -0.05) is 18.2 Å². The number of hydrogen-bond donors (Lipinski definition) is 1. The minimum absolute atomic E-state index is 0.0822. The number of halogens is 1. The van der Waals surface area contributed by atoms with Crippen molar-refractivity contribution >= 4 is 5.91 Å². The zero-order valence-electron chi connectivity index (χ0n) is 14.1. The summed E-state index contributed by atoms with van der Waals surface area (Å²) in [6, 6.07) is 12.1. The average molecular weight is 314 g/mol. The maximum Gasteiger partial charge on any atom is 0.251 e. The van der Waals surface area contributed by atoms with Crippen molar-refractivity contribution in [2.45, 2.75) is 19.9 Å². The Morgan fingerprint density at radius 3 is 2.48 bits per heavy atom. The van der Waals surface area contributed by atoms with Gasteiger partial charge in [0.2, 0.25) is 0 Å². The number of aryl methyl sites for hydroxylation is 2. The van der Waals surface area contributed by atoms with E-state index in [1.165, 1.54) is 12.1 Å². The van der Waals surface area contributed by atoms with Gasteiger partial charge in [-0.3, -0.25) is 4.79 Å². The molecule has 1 atom stereocenters. The van der Waals surface area contributed by atoms with Gasteiger partial charge < -0.3 is 10.2 Å². The highest BCUT2D eigenvalue weighted by atomic mass is 19.1. The van der Waals surface area contributed by atoms with Crippen LogP contribution in [-0.2, 0) is 0 Å². The fourth-order valence-corrected chi connectivity index (χ4v) is 2.49. The normalized spacial score (nSPS) is 12.3. The molecule has 4 heteroatoms.